The molecule has 42 heavy (non-hydrogen) atoms. The van der Waals surface area contributed by atoms with Crippen molar-refractivity contribution in [3.05, 3.63) is 152 Å². The third-order valence-corrected chi connectivity index (χ3v) is 11.2. The molecule has 0 N–H and O–H groups in total. The molecule has 198 valence electrons. The molecule has 4 heteroatoms. The maximum atomic E-state index is 14.9. The SMILES string of the molecule is O=P(c1ccccc1)(c1ccccc1)c1ccc(-c2nc3ccccc3c3c2ccc2ccc4cccnc4c23)cc1. The molecule has 0 bridgehead atoms. The lowest BCUT2D eigenvalue weighted by molar-refractivity contribution is 0.592. The third kappa shape index (κ3) is 3.79. The second-order valence-electron chi connectivity index (χ2n) is 10.5. The monoisotopic (exact) mass is 556 g/mol. The molecule has 0 atom stereocenters. The zero-order valence-electron chi connectivity index (χ0n) is 22.7. The fourth-order valence-corrected chi connectivity index (χ4v) is 8.81. The highest BCUT2D eigenvalue weighted by Gasteiger charge is 2.29. The Bertz CT molecular complexity index is 2270. The van der Waals surface area contributed by atoms with Crippen LogP contribution in [0.4, 0.5) is 0 Å². The van der Waals surface area contributed by atoms with Crippen molar-refractivity contribution in [2.45, 2.75) is 0 Å². The highest BCUT2D eigenvalue weighted by atomic mass is 31.2. The summed E-state index contributed by atoms with van der Waals surface area (Å²) in [5.41, 5.74) is 3.81. The number of para-hydroxylation sites is 1. The lowest BCUT2D eigenvalue weighted by atomic mass is 9.94. The summed E-state index contributed by atoms with van der Waals surface area (Å²) in [4.78, 5) is 9.99. The molecule has 0 aliphatic carbocycles. The van der Waals surface area contributed by atoms with Gasteiger partial charge in [-0.25, -0.2) is 4.98 Å². The molecule has 8 aromatic rings. The molecule has 0 aliphatic rings. The highest BCUT2D eigenvalue weighted by Crippen LogP contribution is 2.43. The van der Waals surface area contributed by atoms with Crippen molar-refractivity contribution in [1.29, 1.82) is 0 Å². The first-order valence-corrected chi connectivity index (χ1v) is 15.7. The van der Waals surface area contributed by atoms with Gasteiger partial charge in [0.25, 0.3) is 0 Å². The number of benzene rings is 6. The fourth-order valence-electron chi connectivity index (χ4n) is 6.17. The quantitative estimate of drug-likeness (QED) is 0.162. The number of pyridine rings is 2. The van der Waals surface area contributed by atoms with Gasteiger partial charge in [0.05, 0.1) is 16.7 Å². The van der Waals surface area contributed by atoms with Gasteiger partial charge in [-0.1, -0.05) is 133 Å². The summed E-state index contributed by atoms with van der Waals surface area (Å²) in [6.07, 6.45) is 1.86. The van der Waals surface area contributed by atoms with Crippen molar-refractivity contribution < 1.29 is 4.57 Å². The molecule has 0 unspecified atom stereocenters. The fraction of sp³-hybridized carbons (Fsp3) is 0. The third-order valence-electron chi connectivity index (χ3n) is 8.16. The largest absolute Gasteiger partial charge is 0.309 e. The Morgan fingerprint density at radius 2 is 1.10 bits per heavy atom. The summed E-state index contributed by atoms with van der Waals surface area (Å²) in [6, 6.07) is 48.8. The molecule has 0 amide bonds. The van der Waals surface area contributed by atoms with Gasteiger partial charge in [-0.05, 0) is 17.5 Å². The summed E-state index contributed by atoms with van der Waals surface area (Å²) < 4.78 is 14.9. The summed E-state index contributed by atoms with van der Waals surface area (Å²) in [6.45, 7) is 0. The van der Waals surface area contributed by atoms with Crippen LogP contribution in [0.3, 0.4) is 0 Å². The van der Waals surface area contributed by atoms with Crippen molar-refractivity contribution in [1.82, 2.24) is 9.97 Å². The van der Waals surface area contributed by atoms with E-state index < -0.39 is 7.14 Å². The summed E-state index contributed by atoms with van der Waals surface area (Å²) >= 11 is 0. The minimum absolute atomic E-state index is 0.800. The van der Waals surface area contributed by atoms with Gasteiger partial charge in [0.1, 0.15) is 0 Å². The Balaban J connectivity index is 1.38. The van der Waals surface area contributed by atoms with Gasteiger partial charge in [-0.3, -0.25) is 4.98 Å². The Kier molecular flexibility index (Phi) is 5.73. The van der Waals surface area contributed by atoms with Crippen LogP contribution in [0.25, 0.3) is 54.6 Å². The van der Waals surface area contributed by atoms with Crippen LogP contribution >= 0.6 is 7.14 Å². The summed E-state index contributed by atoms with van der Waals surface area (Å²) in [5, 5.41) is 9.18. The van der Waals surface area contributed by atoms with Crippen LogP contribution in [0, 0.1) is 0 Å². The first-order valence-electron chi connectivity index (χ1n) is 14.0. The van der Waals surface area contributed by atoms with E-state index in [1.54, 1.807) is 0 Å². The molecule has 3 nitrogen and oxygen atoms in total. The zero-order chi connectivity index (χ0) is 28.1. The Hall–Kier alpha value is -5.11. The zero-order valence-corrected chi connectivity index (χ0v) is 23.6. The van der Waals surface area contributed by atoms with Crippen molar-refractivity contribution in [2.75, 3.05) is 0 Å². The van der Waals surface area contributed by atoms with E-state index in [0.717, 1.165) is 70.5 Å². The maximum Gasteiger partial charge on any atom is 0.171 e. The van der Waals surface area contributed by atoms with Crippen LogP contribution in [0.1, 0.15) is 0 Å². The first-order chi connectivity index (χ1) is 20.7. The van der Waals surface area contributed by atoms with E-state index in [1.807, 2.05) is 91.1 Å². The van der Waals surface area contributed by atoms with Gasteiger partial charge in [-0.2, -0.15) is 0 Å². The van der Waals surface area contributed by atoms with Crippen molar-refractivity contribution in [3.63, 3.8) is 0 Å². The predicted octanol–water partition coefficient (Wildman–Crippen LogP) is 8.40. The van der Waals surface area contributed by atoms with Gasteiger partial charge < -0.3 is 4.57 Å². The molecule has 0 saturated carbocycles. The Morgan fingerprint density at radius 3 is 1.83 bits per heavy atom. The topological polar surface area (TPSA) is 42.9 Å². The smallest absolute Gasteiger partial charge is 0.171 e. The number of fused-ring (bicyclic) bond motifs is 7. The molecule has 2 aromatic heterocycles. The van der Waals surface area contributed by atoms with Crippen LogP contribution in [0.5, 0.6) is 0 Å². The summed E-state index contributed by atoms with van der Waals surface area (Å²) in [5.74, 6) is 0. The van der Waals surface area contributed by atoms with E-state index in [-0.39, 0.29) is 0 Å². The average Bonchev–Trinajstić information content (AvgIpc) is 3.08. The molecule has 0 aliphatic heterocycles. The van der Waals surface area contributed by atoms with E-state index in [1.165, 1.54) is 0 Å². The maximum absolute atomic E-state index is 14.9. The summed E-state index contributed by atoms with van der Waals surface area (Å²) in [7, 11) is -3.06. The van der Waals surface area contributed by atoms with E-state index in [4.69, 9.17) is 9.97 Å². The number of rotatable bonds is 4. The van der Waals surface area contributed by atoms with Crippen LogP contribution in [-0.4, -0.2) is 9.97 Å². The van der Waals surface area contributed by atoms with Gasteiger partial charge in [0.15, 0.2) is 7.14 Å². The molecule has 0 fully saturated rings. The predicted molar refractivity (Wildman–Crippen MR) is 177 cm³/mol. The number of hydrogen-bond donors (Lipinski definition) is 0. The number of aromatic nitrogens is 2. The van der Waals surface area contributed by atoms with Gasteiger partial charge >= 0.3 is 0 Å². The lowest BCUT2D eigenvalue weighted by Crippen LogP contribution is -2.24. The lowest BCUT2D eigenvalue weighted by Gasteiger charge is -2.20. The van der Waals surface area contributed by atoms with Crippen LogP contribution in [0.2, 0.25) is 0 Å². The molecular weight excluding hydrogens is 531 g/mol. The minimum Gasteiger partial charge on any atom is -0.309 e. The van der Waals surface area contributed by atoms with Crippen molar-refractivity contribution in [3.8, 4) is 11.3 Å². The van der Waals surface area contributed by atoms with E-state index in [0.29, 0.717) is 0 Å². The van der Waals surface area contributed by atoms with Crippen LogP contribution in [-0.2, 0) is 4.57 Å². The van der Waals surface area contributed by atoms with Crippen molar-refractivity contribution in [2.24, 2.45) is 0 Å². The van der Waals surface area contributed by atoms with Gasteiger partial charge in [-0.15, -0.1) is 0 Å². The molecule has 8 rings (SSSR count). The average molecular weight is 557 g/mol. The molecule has 0 saturated heterocycles. The Morgan fingerprint density at radius 1 is 0.476 bits per heavy atom. The minimum atomic E-state index is -3.06. The Labute approximate surface area is 243 Å². The van der Waals surface area contributed by atoms with E-state index in [2.05, 4.69) is 60.7 Å². The number of hydrogen-bond acceptors (Lipinski definition) is 3. The van der Waals surface area contributed by atoms with E-state index in [9.17, 15) is 4.57 Å². The molecule has 6 aromatic carbocycles. The van der Waals surface area contributed by atoms with Crippen LogP contribution < -0.4 is 15.9 Å². The highest BCUT2D eigenvalue weighted by molar-refractivity contribution is 7.85. The van der Waals surface area contributed by atoms with Gasteiger partial charge in [0.2, 0.25) is 0 Å². The van der Waals surface area contributed by atoms with Gasteiger partial charge in [0, 0.05) is 54.6 Å². The van der Waals surface area contributed by atoms with Crippen LogP contribution in [0.15, 0.2) is 152 Å². The standard InChI is InChI=1S/C38H25N2OP/c41-42(29-11-3-1-4-12-29,30-13-5-2-6-14-30)31-22-19-28(20-23-31)37-33-24-21-26-17-18-27-10-9-25-39-38(27)35(26)36(33)32-15-7-8-16-34(32)40-37/h1-25H. The second-order valence-corrected chi connectivity index (χ2v) is 13.3. The molecule has 0 radical (unpaired) electrons. The number of nitrogens with zero attached hydrogens (tertiary/aromatic N) is 2. The molecular formula is C38H25N2OP. The second kappa shape index (κ2) is 9.76. The first kappa shape index (κ1) is 24.7. The normalized spacial score (nSPS) is 11.9. The molecule has 2 heterocycles. The van der Waals surface area contributed by atoms with Crippen molar-refractivity contribution >= 4 is 66.4 Å². The van der Waals surface area contributed by atoms with E-state index >= 15 is 0 Å². The molecule has 0 spiro atoms.